The molecule has 176 valence electrons. The summed E-state index contributed by atoms with van der Waals surface area (Å²) in [6, 6.07) is 23.1. The molecule has 0 fully saturated rings. The molecule has 0 atom stereocenters. The van der Waals surface area contributed by atoms with Crippen LogP contribution < -0.4 is 4.92 Å². The number of carbonyl (C=O) groups is 2. The third-order valence-electron chi connectivity index (χ3n) is 5.02. The number of nitro groups is 1. The number of benzene rings is 3. The maximum Gasteiger partial charge on any atom is 0.824 e. The van der Waals surface area contributed by atoms with Crippen molar-refractivity contribution >= 4 is 41.7 Å². The zero-order chi connectivity index (χ0) is 25.0. The zero-order valence-electron chi connectivity index (χ0n) is 18.8. The van der Waals surface area contributed by atoms with Gasteiger partial charge in [0.2, 0.25) is 5.84 Å². The van der Waals surface area contributed by atoms with Crippen LogP contribution in [0, 0.1) is 10.1 Å². The molecule has 1 aliphatic rings. The highest BCUT2D eigenvalue weighted by Crippen LogP contribution is 2.35. The first-order chi connectivity index (χ1) is 16.8. The van der Waals surface area contributed by atoms with Gasteiger partial charge < -0.3 is 9.31 Å². The third-order valence-corrected chi connectivity index (χ3v) is 5.02. The monoisotopic (exact) mass is 473 g/mol. The van der Waals surface area contributed by atoms with Crippen LogP contribution >= 0.6 is 0 Å². The molecule has 3 aromatic carbocycles. The van der Waals surface area contributed by atoms with Gasteiger partial charge in [0.05, 0.1) is 4.92 Å². The van der Waals surface area contributed by atoms with Gasteiger partial charge in [-0.15, -0.1) is 0 Å². The quantitative estimate of drug-likeness (QED) is 0.299. The summed E-state index contributed by atoms with van der Waals surface area (Å²) >= 11 is 0. The highest BCUT2D eigenvalue weighted by Gasteiger charge is 2.62. The minimum atomic E-state index is -3.27. The van der Waals surface area contributed by atoms with Gasteiger partial charge >= 0.3 is 6.82 Å². The molecule has 0 spiro atoms. The molecule has 3 aromatic rings. The van der Waals surface area contributed by atoms with Gasteiger partial charge in [-0.25, -0.2) is 0 Å². The van der Waals surface area contributed by atoms with Gasteiger partial charge in [0.15, 0.2) is 5.69 Å². The van der Waals surface area contributed by atoms with Gasteiger partial charge in [-0.1, -0.05) is 54.6 Å². The molecule has 4 rings (SSSR count). The normalized spacial score (nSPS) is 14.4. The molecule has 0 N–H and O–H groups in total. The number of nitrogens with zero attached hydrogens (tertiary/aromatic N) is 5. The van der Waals surface area contributed by atoms with E-state index >= 15 is 0 Å². The number of anilines is 1. The number of hydrazone groups is 1. The average molecular weight is 473 g/mol. The second-order valence-corrected chi connectivity index (χ2v) is 7.54. The molecule has 0 bridgehead atoms. The molecular weight excluding hydrogens is 453 g/mol. The minimum absolute atomic E-state index is 0.144. The summed E-state index contributed by atoms with van der Waals surface area (Å²) in [5, 5.41) is 20.6. The van der Waals surface area contributed by atoms with E-state index in [4.69, 9.17) is 9.31 Å². The highest BCUT2D eigenvalue weighted by molar-refractivity contribution is 6.67. The lowest BCUT2D eigenvalue weighted by atomic mass is 9.83. The Kier molecular flexibility index (Phi) is 6.36. The number of non-ortho nitro benzene ring substituents is 1. The topological polar surface area (TPSA) is 127 Å². The van der Waals surface area contributed by atoms with E-state index in [2.05, 4.69) is 10.2 Å². The summed E-state index contributed by atoms with van der Waals surface area (Å²) in [7, 11) is 0. The molecule has 0 unspecified atom stereocenters. The molecule has 1 heterocycles. The molecule has 12 heteroatoms. The lowest BCUT2D eigenvalue weighted by Crippen LogP contribution is -2.66. The number of azo groups is 1. The second kappa shape index (κ2) is 9.55. The lowest BCUT2D eigenvalue weighted by Gasteiger charge is -2.41. The van der Waals surface area contributed by atoms with E-state index < -0.39 is 23.7 Å². The number of rotatable bonds is 6. The molecule has 1 aliphatic heterocycles. The van der Waals surface area contributed by atoms with Crippen molar-refractivity contribution < 1.29 is 28.4 Å². The summed E-state index contributed by atoms with van der Waals surface area (Å²) in [5.74, 6) is -1.37. The van der Waals surface area contributed by atoms with Crippen LogP contribution in [0.5, 0.6) is 0 Å². The van der Waals surface area contributed by atoms with Crippen molar-refractivity contribution in [3.05, 3.63) is 101 Å². The van der Waals surface area contributed by atoms with Gasteiger partial charge in [-0.3, -0.25) is 24.6 Å². The fraction of sp³-hybridized carbons (Fsp3) is 0.0870. The van der Waals surface area contributed by atoms with Crippen molar-refractivity contribution in [2.75, 3.05) is 4.92 Å². The molecule has 0 aliphatic carbocycles. The fourth-order valence-corrected chi connectivity index (χ4v) is 3.65. The van der Waals surface area contributed by atoms with Crippen molar-refractivity contribution in [3.63, 3.8) is 0 Å². The summed E-state index contributed by atoms with van der Waals surface area (Å²) in [6.07, 6.45) is 0. The van der Waals surface area contributed by atoms with Gasteiger partial charge in [0.1, 0.15) is 0 Å². The van der Waals surface area contributed by atoms with Crippen LogP contribution in [0.15, 0.2) is 95.1 Å². The first-order valence-electron chi connectivity index (χ1n) is 10.6. The molecule has 0 amide bonds. The van der Waals surface area contributed by atoms with E-state index in [1.165, 1.54) is 28.9 Å². The molecule has 11 nitrogen and oxygen atoms in total. The average Bonchev–Trinajstić information content (AvgIpc) is 2.84. The number of hydrogen-bond acceptors (Lipinski definition) is 9. The van der Waals surface area contributed by atoms with E-state index in [0.717, 1.165) is 18.8 Å². The Hall–Kier alpha value is -4.87. The van der Waals surface area contributed by atoms with Crippen LogP contribution in [0.3, 0.4) is 0 Å². The van der Waals surface area contributed by atoms with Crippen LogP contribution in [-0.4, -0.2) is 34.1 Å². The first-order valence-corrected chi connectivity index (χ1v) is 10.6. The van der Waals surface area contributed by atoms with Gasteiger partial charge in [-0.05, 0) is 11.2 Å². The summed E-state index contributed by atoms with van der Waals surface area (Å²) in [5.41, 5.74) is 0.946. The summed E-state index contributed by atoms with van der Waals surface area (Å²) in [6.45, 7) is -0.969. The minimum Gasteiger partial charge on any atom is -0.573 e. The van der Waals surface area contributed by atoms with Gasteiger partial charge in [0, 0.05) is 49.4 Å². The van der Waals surface area contributed by atoms with E-state index in [9.17, 15) is 19.7 Å². The van der Waals surface area contributed by atoms with Crippen molar-refractivity contribution in [1.29, 1.82) is 0 Å². The van der Waals surface area contributed by atoms with Crippen molar-refractivity contribution in [2.24, 2.45) is 10.2 Å². The van der Waals surface area contributed by atoms with Crippen LogP contribution in [0.2, 0.25) is 0 Å². The standard InChI is InChI=1S/C23H20BN5O6/c1-17(30)34-24(35-18(2)31)27(20-12-7-4-8-13-20)25-23(19-10-5-3-6-11-19)26-28(24)21-14-9-15-22(16-21)29(32)33/h3-16H,1-2H3. The molecule has 0 aromatic heterocycles. The summed E-state index contributed by atoms with van der Waals surface area (Å²) < 4.78 is 12.6. The second-order valence-electron chi connectivity index (χ2n) is 7.54. The van der Waals surface area contributed by atoms with E-state index in [1.807, 2.05) is 6.07 Å². The molecule has 0 saturated carbocycles. The Bertz CT molecular complexity index is 1330. The summed E-state index contributed by atoms with van der Waals surface area (Å²) in [4.78, 5) is 36.7. The lowest BCUT2D eigenvalue weighted by molar-refractivity contribution is -0.413. The Morgan fingerprint density at radius 2 is 1.51 bits per heavy atom. The van der Waals surface area contributed by atoms with Gasteiger partial charge in [0.25, 0.3) is 17.6 Å². The van der Waals surface area contributed by atoms with Crippen LogP contribution in [0.4, 0.5) is 17.1 Å². The van der Waals surface area contributed by atoms with E-state index in [-0.39, 0.29) is 17.2 Å². The maximum atomic E-state index is 12.3. The van der Waals surface area contributed by atoms with Crippen LogP contribution in [0.1, 0.15) is 19.4 Å². The number of amidine groups is 1. The number of para-hydroxylation sites is 1. The molecular formula is C23H20BN5O6. The Balaban J connectivity index is 2.05. The van der Waals surface area contributed by atoms with Crippen molar-refractivity contribution in [1.82, 2.24) is 0 Å². The predicted molar refractivity (Wildman–Crippen MR) is 127 cm³/mol. The van der Waals surface area contributed by atoms with E-state index in [1.54, 1.807) is 54.6 Å². The predicted octanol–water partition coefficient (Wildman–Crippen LogP) is 4.13. The third kappa shape index (κ3) is 4.76. The number of nitro benzene ring substituents is 1. The molecule has 0 radical (unpaired) electrons. The Morgan fingerprint density at radius 3 is 2.09 bits per heavy atom. The molecule has 0 saturated heterocycles. The molecule has 35 heavy (non-hydrogen) atoms. The largest absolute Gasteiger partial charge is 0.824 e. The smallest absolute Gasteiger partial charge is 0.573 e. The van der Waals surface area contributed by atoms with Crippen molar-refractivity contribution in [2.45, 2.75) is 13.8 Å². The van der Waals surface area contributed by atoms with Gasteiger partial charge in [-0.2, -0.15) is 9.71 Å². The number of carbonyl (C=O) groups excluding carboxylic acids is 2. The van der Waals surface area contributed by atoms with Crippen molar-refractivity contribution in [3.8, 4) is 0 Å². The van der Waals surface area contributed by atoms with Crippen LogP contribution in [-0.2, 0) is 18.9 Å². The van der Waals surface area contributed by atoms with Crippen LogP contribution in [0.25, 0.3) is 0 Å². The zero-order valence-corrected chi connectivity index (χ0v) is 18.8. The highest BCUT2D eigenvalue weighted by atomic mass is 16.7. The Labute approximate surface area is 200 Å². The first kappa shape index (κ1) is 23.3. The SMILES string of the molecule is CC(=O)O[B-]1(OC(C)=O)N(c2cccc([N+](=O)[O-])c2)N=C(c2ccccc2)N=[N+]1c1ccccc1. The maximum absolute atomic E-state index is 12.3. The Morgan fingerprint density at radius 1 is 0.914 bits per heavy atom. The number of hydrogen-bond donors (Lipinski definition) is 0. The fourth-order valence-electron chi connectivity index (χ4n) is 3.65. The van der Waals surface area contributed by atoms with E-state index in [0.29, 0.717) is 11.3 Å².